The summed E-state index contributed by atoms with van der Waals surface area (Å²) in [4.78, 5) is 35.2. The Morgan fingerprint density at radius 3 is 2.78 bits per heavy atom. The number of rotatable bonds is 8. The Morgan fingerprint density at radius 1 is 1.28 bits per heavy atom. The number of benzene rings is 1. The van der Waals surface area contributed by atoms with E-state index in [1.807, 2.05) is 31.2 Å². The van der Waals surface area contributed by atoms with Gasteiger partial charge in [-0.05, 0) is 55.5 Å². The second-order valence-corrected chi connectivity index (χ2v) is 9.04. The number of hydrogen-bond donors (Lipinski definition) is 1. The fourth-order valence-electron chi connectivity index (χ4n) is 3.78. The number of fused-ring (bicyclic) bond motifs is 1. The van der Waals surface area contributed by atoms with E-state index in [-0.39, 0.29) is 17.6 Å². The van der Waals surface area contributed by atoms with Gasteiger partial charge in [-0.1, -0.05) is 37.7 Å². The maximum absolute atomic E-state index is 13.2. The zero-order chi connectivity index (χ0) is 22.5. The summed E-state index contributed by atoms with van der Waals surface area (Å²) < 4.78 is 7.41. The fraction of sp³-hybridized carbons (Fsp3) is 0.417. The number of carbonyl (C=O) groups is 1. The highest BCUT2D eigenvalue weighted by molar-refractivity contribution is 8.00. The molecule has 0 bridgehead atoms. The molecule has 1 aliphatic heterocycles. The minimum Gasteiger partial charge on any atom is -0.376 e. The first-order valence-corrected chi connectivity index (χ1v) is 12.0. The van der Waals surface area contributed by atoms with Crippen molar-refractivity contribution in [2.24, 2.45) is 0 Å². The monoisotopic (exact) mass is 452 g/mol. The number of anilines is 1. The van der Waals surface area contributed by atoms with Crippen molar-refractivity contribution in [2.45, 2.75) is 62.6 Å². The van der Waals surface area contributed by atoms with Gasteiger partial charge in [-0.3, -0.25) is 14.2 Å². The largest absolute Gasteiger partial charge is 0.376 e. The molecule has 0 saturated carbocycles. The van der Waals surface area contributed by atoms with E-state index in [1.165, 1.54) is 17.3 Å². The average Bonchev–Trinajstić information content (AvgIpc) is 3.33. The number of pyridine rings is 1. The number of nitrogens with one attached hydrogen (secondary N) is 1. The van der Waals surface area contributed by atoms with E-state index >= 15 is 0 Å². The van der Waals surface area contributed by atoms with Crippen LogP contribution in [0.4, 0.5) is 5.69 Å². The van der Waals surface area contributed by atoms with Gasteiger partial charge in [0.2, 0.25) is 5.91 Å². The van der Waals surface area contributed by atoms with Crippen molar-refractivity contribution >= 4 is 34.4 Å². The van der Waals surface area contributed by atoms with Crippen molar-refractivity contribution in [1.82, 2.24) is 14.5 Å². The van der Waals surface area contributed by atoms with Gasteiger partial charge in [0.05, 0.1) is 23.3 Å². The number of carbonyl (C=O) groups excluding carboxylic acids is 1. The summed E-state index contributed by atoms with van der Waals surface area (Å²) in [6, 6.07) is 11.3. The van der Waals surface area contributed by atoms with Gasteiger partial charge in [0.1, 0.15) is 0 Å². The van der Waals surface area contributed by atoms with Crippen LogP contribution in [0.1, 0.15) is 38.7 Å². The lowest BCUT2D eigenvalue weighted by Gasteiger charge is -2.19. The van der Waals surface area contributed by atoms with E-state index < -0.39 is 5.25 Å². The Hall–Kier alpha value is -2.71. The number of hydrogen-bond acceptors (Lipinski definition) is 6. The minimum absolute atomic E-state index is 0.0195. The molecular formula is C24H28N4O3S. The molecule has 3 aromatic rings. The fourth-order valence-corrected chi connectivity index (χ4v) is 4.79. The summed E-state index contributed by atoms with van der Waals surface area (Å²) >= 11 is 1.31. The average molecular weight is 453 g/mol. The summed E-state index contributed by atoms with van der Waals surface area (Å²) in [7, 11) is 0. The highest BCUT2D eigenvalue weighted by Crippen LogP contribution is 2.27. The maximum Gasteiger partial charge on any atom is 0.263 e. The summed E-state index contributed by atoms with van der Waals surface area (Å²) in [5, 5.41) is 3.57. The molecule has 8 heteroatoms. The van der Waals surface area contributed by atoms with Crippen LogP contribution < -0.4 is 10.9 Å². The lowest BCUT2D eigenvalue weighted by Crippen LogP contribution is -2.31. The van der Waals surface area contributed by atoms with Gasteiger partial charge in [-0.2, -0.15) is 0 Å². The summed E-state index contributed by atoms with van der Waals surface area (Å²) in [6.45, 7) is 5.19. The molecule has 32 heavy (non-hydrogen) atoms. The number of thioether (sulfide) groups is 1. The van der Waals surface area contributed by atoms with Crippen molar-refractivity contribution in [3.05, 3.63) is 58.5 Å². The molecular weight excluding hydrogens is 424 g/mol. The van der Waals surface area contributed by atoms with Crippen LogP contribution in [0.5, 0.6) is 0 Å². The Labute approximate surface area is 191 Å². The highest BCUT2D eigenvalue weighted by Gasteiger charge is 2.25. The van der Waals surface area contributed by atoms with Gasteiger partial charge in [-0.15, -0.1) is 0 Å². The molecule has 2 atom stereocenters. The van der Waals surface area contributed by atoms with Crippen molar-refractivity contribution in [2.75, 3.05) is 11.9 Å². The zero-order valence-corrected chi connectivity index (χ0v) is 19.2. The Balaban J connectivity index is 1.61. The van der Waals surface area contributed by atoms with Crippen LogP contribution in [0, 0.1) is 0 Å². The molecule has 0 radical (unpaired) electrons. The predicted molar refractivity (Wildman–Crippen MR) is 127 cm³/mol. The first kappa shape index (κ1) is 22.5. The van der Waals surface area contributed by atoms with Crippen molar-refractivity contribution in [3.63, 3.8) is 0 Å². The predicted octanol–water partition coefficient (Wildman–Crippen LogP) is 4.04. The second-order valence-electron chi connectivity index (χ2n) is 7.87. The normalized spacial score (nSPS) is 16.9. The number of amides is 1. The van der Waals surface area contributed by atoms with E-state index in [0.29, 0.717) is 35.8 Å². The summed E-state index contributed by atoms with van der Waals surface area (Å²) in [5.74, 6) is -0.110. The van der Waals surface area contributed by atoms with Crippen LogP contribution in [0.3, 0.4) is 0 Å². The lowest BCUT2D eigenvalue weighted by molar-refractivity contribution is -0.115. The standard InChI is InChI=1S/C24H28N4O3S/c1-3-16-9-11-17(12-10-16)26-22(29)20(4-2)32-24-27-21-19(8-5-13-25-21)23(30)28(24)15-18-7-6-14-31-18/h5,8-13,18,20H,3-4,6-7,14-15H2,1-2H3,(H,26,29)/t18-,20-/m1/s1. The topological polar surface area (TPSA) is 86.1 Å². The van der Waals surface area contributed by atoms with Crippen LogP contribution >= 0.6 is 11.8 Å². The molecule has 7 nitrogen and oxygen atoms in total. The minimum atomic E-state index is -0.398. The van der Waals surface area contributed by atoms with Crippen molar-refractivity contribution in [1.29, 1.82) is 0 Å². The Morgan fingerprint density at radius 2 is 2.09 bits per heavy atom. The van der Waals surface area contributed by atoms with Gasteiger partial charge in [-0.25, -0.2) is 9.97 Å². The molecule has 168 valence electrons. The maximum atomic E-state index is 13.2. The van der Waals surface area contributed by atoms with E-state index in [2.05, 4.69) is 22.2 Å². The Bertz CT molecular complexity index is 1140. The molecule has 2 aromatic heterocycles. The third-order valence-electron chi connectivity index (χ3n) is 5.65. The van der Waals surface area contributed by atoms with Gasteiger partial charge in [0.15, 0.2) is 10.8 Å². The first-order valence-electron chi connectivity index (χ1n) is 11.1. The van der Waals surface area contributed by atoms with Crippen LogP contribution in [0.15, 0.2) is 52.5 Å². The van der Waals surface area contributed by atoms with E-state index in [4.69, 9.17) is 4.74 Å². The first-order chi connectivity index (χ1) is 15.6. The summed E-state index contributed by atoms with van der Waals surface area (Å²) in [5.41, 5.74) is 2.23. The molecule has 1 aromatic carbocycles. The van der Waals surface area contributed by atoms with Gasteiger partial charge >= 0.3 is 0 Å². The molecule has 1 aliphatic rings. The molecule has 1 N–H and O–H groups in total. The smallest absolute Gasteiger partial charge is 0.263 e. The molecule has 1 amide bonds. The van der Waals surface area contributed by atoms with Crippen molar-refractivity contribution < 1.29 is 9.53 Å². The second kappa shape index (κ2) is 10.3. The van der Waals surface area contributed by atoms with E-state index in [9.17, 15) is 9.59 Å². The SMILES string of the molecule is CCc1ccc(NC(=O)[C@@H](CC)Sc2nc3ncccc3c(=O)n2C[C@H]2CCCO2)cc1. The van der Waals surface area contributed by atoms with Crippen LogP contribution in [-0.4, -0.2) is 38.4 Å². The molecule has 1 saturated heterocycles. The molecule has 1 fully saturated rings. The van der Waals surface area contributed by atoms with Gasteiger partial charge in [0.25, 0.3) is 5.56 Å². The summed E-state index contributed by atoms with van der Waals surface area (Å²) in [6.07, 6.45) is 5.05. The number of aromatic nitrogens is 3. The van der Waals surface area contributed by atoms with Gasteiger partial charge < -0.3 is 10.1 Å². The molecule has 0 unspecified atom stereocenters. The third-order valence-corrected chi connectivity index (χ3v) is 7.00. The molecule has 3 heterocycles. The number of aryl methyl sites for hydroxylation is 1. The van der Waals surface area contributed by atoms with E-state index in [1.54, 1.807) is 22.9 Å². The Kier molecular flexibility index (Phi) is 7.22. The van der Waals surface area contributed by atoms with Crippen molar-refractivity contribution in [3.8, 4) is 0 Å². The molecule has 4 rings (SSSR count). The van der Waals surface area contributed by atoms with Gasteiger partial charge in [0, 0.05) is 18.5 Å². The molecule has 0 aliphatic carbocycles. The van der Waals surface area contributed by atoms with Crippen LogP contribution in [0.25, 0.3) is 11.0 Å². The quantitative estimate of drug-likeness (QED) is 0.410. The zero-order valence-electron chi connectivity index (χ0n) is 18.4. The lowest BCUT2D eigenvalue weighted by atomic mass is 10.1. The van der Waals surface area contributed by atoms with Crippen LogP contribution in [0.2, 0.25) is 0 Å². The third kappa shape index (κ3) is 5.02. The molecule has 0 spiro atoms. The highest BCUT2D eigenvalue weighted by atomic mass is 32.2. The van der Waals surface area contributed by atoms with E-state index in [0.717, 1.165) is 24.9 Å². The number of nitrogens with zero attached hydrogens (tertiary/aromatic N) is 3. The van der Waals surface area contributed by atoms with Crippen LogP contribution in [-0.2, 0) is 22.5 Å². The number of ether oxygens (including phenoxy) is 1.